The van der Waals surface area contributed by atoms with Gasteiger partial charge in [-0.2, -0.15) is 0 Å². The number of nitrogens with one attached hydrogen (secondary N) is 1. The summed E-state index contributed by atoms with van der Waals surface area (Å²) >= 11 is 0. The van der Waals surface area contributed by atoms with Crippen molar-refractivity contribution >= 4 is 28.6 Å². The van der Waals surface area contributed by atoms with Crippen molar-refractivity contribution in [2.45, 2.75) is 20.4 Å². The van der Waals surface area contributed by atoms with E-state index in [1.54, 1.807) is 54.1 Å². The van der Waals surface area contributed by atoms with Gasteiger partial charge in [-0.3, -0.25) is 14.2 Å². The molecular weight excluding hydrogens is 436 g/mol. The third-order valence-corrected chi connectivity index (χ3v) is 5.74. The molecule has 0 saturated carbocycles. The molecule has 0 aliphatic carbocycles. The molecule has 174 valence electrons. The van der Waals surface area contributed by atoms with E-state index in [1.807, 2.05) is 19.9 Å². The molecule has 2 heterocycles. The molecule has 0 aliphatic rings. The first kappa shape index (κ1) is 22.8. The average molecular weight is 460 g/mol. The molecule has 2 aromatic carbocycles. The van der Waals surface area contributed by atoms with Gasteiger partial charge in [0.25, 0.3) is 5.56 Å². The first-order valence-corrected chi connectivity index (χ1v) is 10.6. The Labute approximate surface area is 194 Å². The van der Waals surface area contributed by atoms with E-state index in [-0.39, 0.29) is 17.8 Å². The van der Waals surface area contributed by atoms with Crippen molar-refractivity contribution < 1.29 is 14.3 Å². The Morgan fingerprint density at radius 1 is 1.00 bits per heavy atom. The van der Waals surface area contributed by atoms with E-state index in [4.69, 9.17) is 4.74 Å². The zero-order valence-corrected chi connectivity index (χ0v) is 19.3. The van der Waals surface area contributed by atoms with Crippen LogP contribution in [0.3, 0.4) is 0 Å². The zero-order chi connectivity index (χ0) is 24.6. The van der Waals surface area contributed by atoms with E-state index in [9.17, 15) is 19.2 Å². The number of hydrogen-bond acceptors (Lipinski definition) is 5. The van der Waals surface area contributed by atoms with E-state index >= 15 is 0 Å². The molecule has 0 fully saturated rings. The minimum atomic E-state index is -0.634. The van der Waals surface area contributed by atoms with Crippen molar-refractivity contribution in [3.8, 4) is 5.69 Å². The Kier molecular flexibility index (Phi) is 5.93. The minimum absolute atomic E-state index is 0.191. The van der Waals surface area contributed by atoms with Crippen molar-refractivity contribution in [2.24, 2.45) is 7.05 Å². The standard InChI is InChI=1S/C25H24N4O5/c1-15-8-7-9-17(12-15)29-23(31)22-20(13-16(2)27(22)3)28(25(29)33)14-21(30)26-19-11-6-5-10-18(19)24(32)34-4/h5-13H,14H2,1-4H3,(H,26,30). The molecule has 4 rings (SSSR count). The third kappa shape index (κ3) is 3.92. The van der Waals surface area contributed by atoms with Crippen LogP contribution in [0.5, 0.6) is 0 Å². The summed E-state index contributed by atoms with van der Waals surface area (Å²) in [5, 5.41) is 2.68. The Balaban J connectivity index is 1.84. The summed E-state index contributed by atoms with van der Waals surface area (Å²) in [6.45, 7) is 3.32. The van der Waals surface area contributed by atoms with E-state index in [0.29, 0.717) is 16.7 Å². The van der Waals surface area contributed by atoms with Gasteiger partial charge in [0.1, 0.15) is 12.1 Å². The zero-order valence-electron chi connectivity index (χ0n) is 19.3. The summed E-state index contributed by atoms with van der Waals surface area (Å²) in [7, 11) is 2.99. The summed E-state index contributed by atoms with van der Waals surface area (Å²) in [6, 6.07) is 15.2. The molecule has 34 heavy (non-hydrogen) atoms. The van der Waals surface area contributed by atoms with E-state index in [2.05, 4.69) is 5.32 Å². The van der Waals surface area contributed by atoms with Gasteiger partial charge in [-0.1, -0.05) is 24.3 Å². The van der Waals surface area contributed by atoms with Crippen LogP contribution in [-0.2, 0) is 23.1 Å². The fourth-order valence-corrected chi connectivity index (χ4v) is 3.95. The molecule has 2 aromatic heterocycles. The number of hydrogen-bond donors (Lipinski definition) is 1. The second-order valence-electron chi connectivity index (χ2n) is 8.01. The van der Waals surface area contributed by atoms with Crippen LogP contribution in [0.2, 0.25) is 0 Å². The molecule has 0 atom stereocenters. The van der Waals surface area contributed by atoms with Crippen molar-refractivity contribution in [3.63, 3.8) is 0 Å². The number of carbonyl (C=O) groups excluding carboxylic acids is 2. The predicted octanol–water partition coefficient (Wildman–Crippen LogP) is 2.53. The second-order valence-corrected chi connectivity index (χ2v) is 8.01. The Morgan fingerprint density at radius 2 is 1.74 bits per heavy atom. The summed E-state index contributed by atoms with van der Waals surface area (Å²) in [4.78, 5) is 51.9. The van der Waals surface area contributed by atoms with E-state index in [0.717, 1.165) is 15.8 Å². The largest absolute Gasteiger partial charge is 0.465 e. The second kappa shape index (κ2) is 8.86. The maximum absolute atomic E-state index is 13.5. The van der Waals surface area contributed by atoms with Gasteiger partial charge < -0.3 is 14.6 Å². The smallest absolute Gasteiger partial charge is 0.339 e. The predicted molar refractivity (Wildman–Crippen MR) is 129 cm³/mol. The normalized spacial score (nSPS) is 10.9. The quantitative estimate of drug-likeness (QED) is 0.461. The number of amides is 1. The first-order valence-electron chi connectivity index (χ1n) is 10.6. The summed E-state index contributed by atoms with van der Waals surface area (Å²) < 4.78 is 8.81. The van der Waals surface area contributed by atoms with Gasteiger partial charge in [0.15, 0.2) is 0 Å². The number of rotatable bonds is 5. The number of anilines is 1. The third-order valence-electron chi connectivity index (χ3n) is 5.74. The molecule has 9 heteroatoms. The number of carbonyl (C=O) groups is 2. The summed E-state index contributed by atoms with van der Waals surface area (Å²) in [5.74, 6) is -1.13. The molecule has 4 aromatic rings. The molecule has 0 radical (unpaired) electrons. The number of benzene rings is 2. The Bertz CT molecular complexity index is 1560. The van der Waals surface area contributed by atoms with Crippen LogP contribution < -0.4 is 16.6 Å². The van der Waals surface area contributed by atoms with Crippen LogP contribution in [0.1, 0.15) is 21.6 Å². The molecule has 1 N–H and O–H groups in total. The molecule has 1 amide bonds. The lowest BCUT2D eigenvalue weighted by Gasteiger charge is -2.14. The van der Waals surface area contributed by atoms with Gasteiger partial charge in [0.2, 0.25) is 5.91 Å². The highest BCUT2D eigenvalue weighted by atomic mass is 16.5. The minimum Gasteiger partial charge on any atom is -0.465 e. The van der Waals surface area contributed by atoms with Crippen LogP contribution in [0.25, 0.3) is 16.7 Å². The highest BCUT2D eigenvalue weighted by molar-refractivity contribution is 6.01. The lowest BCUT2D eigenvalue weighted by Crippen LogP contribution is -2.41. The molecule has 9 nitrogen and oxygen atoms in total. The van der Waals surface area contributed by atoms with Gasteiger partial charge in [-0.25, -0.2) is 14.2 Å². The number of esters is 1. The van der Waals surface area contributed by atoms with E-state index < -0.39 is 23.1 Å². The number of aryl methyl sites for hydroxylation is 3. The number of nitrogens with zero attached hydrogens (tertiary/aromatic N) is 3. The van der Waals surface area contributed by atoms with Crippen LogP contribution in [0, 0.1) is 13.8 Å². The Hall–Kier alpha value is -4.40. The number of para-hydroxylation sites is 1. The van der Waals surface area contributed by atoms with Crippen LogP contribution in [-0.4, -0.2) is 32.7 Å². The van der Waals surface area contributed by atoms with Crippen LogP contribution in [0.15, 0.2) is 64.2 Å². The number of aromatic nitrogens is 3. The molecule has 0 unspecified atom stereocenters. The van der Waals surface area contributed by atoms with Crippen molar-refractivity contribution in [1.82, 2.24) is 13.7 Å². The maximum atomic E-state index is 13.5. The average Bonchev–Trinajstić information content (AvgIpc) is 3.11. The topological polar surface area (TPSA) is 104 Å². The monoisotopic (exact) mass is 460 g/mol. The highest BCUT2D eigenvalue weighted by Crippen LogP contribution is 2.18. The number of methoxy groups -OCH3 is 1. The lowest BCUT2D eigenvalue weighted by molar-refractivity contribution is -0.116. The van der Waals surface area contributed by atoms with Gasteiger partial charge in [-0.15, -0.1) is 0 Å². The van der Waals surface area contributed by atoms with Crippen molar-refractivity contribution in [1.29, 1.82) is 0 Å². The van der Waals surface area contributed by atoms with Crippen molar-refractivity contribution in [3.05, 3.63) is 92.3 Å². The van der Waals surface area contributed by atoms with Crippen LogP contribution >= 0.6 is 0 Å². The SMILES string of the molecule is COC(=O)c1ccccc1NC(=O)Cn1c(=O)n(-c2cccc(C)c2)c(=O)c2c1cc(C)n2C. The lowest BCUT2D eigenvalue weighted by atomic mass is 10.2. The van der Waals surface area contributed by atoms with Gasteiger partial charge in [0, 0.05) is 12.7 Å². The first-order chi connectivity index (χ1) is 16.2. The highest BCUT2D eigenvalue weighted by Gasteiger charge is 2.21. The molecular formula is C25H24N4O5. The van der Waals surface area contributed by atoms with E-state index in [1.165, 1.54) is 17.7 Å². The fraction of sp³-hybridized carbons (Fsp3) is 0.200. The molecule has 0 aliphatic heterocycles. The summed E-state index contributed by atoms with van der Waals surface area (Å²) in [5.41, 5.74) is 2.09. The number of fused-ring (bicyclic) bond motifs is 1. The van der Waals surface area contributed by atoms with Gasteiger partial charge in [0.05, 0.1) is 29.6 Å². The Morgan fingerprint density at radius 3 is 2.44 bits per heavy atom. The molecule has 0 saturated heterocycles. The van der Waals surface area contributed by atoms with Crippen LogP contribution in [0.4, 0.5) is 5.69 Å². The molecule has 0 bridgehead atoms. The summed E-state index contributed by atoms with van der Waals surface area (Å²) in [6.07, 6.45) is 0. The maximum Gasteiger partial charge on any atom is 0.339 e. The number of ether oxygens (including phenoxy) is 1. The van der Waals surface area contributed by atoms with Crippen molar-refractivity contribution in [2.75, 3.05) is 12.4 Å². The van der Waals surface area contributed by atoms with Gasteiger partial charge >= 0.3 is 11.7 Å². The van der Waals surface area contributed by atoms with Gasteiger partial charge in [-0.05, 0) is 49.7 Å². The molecule has 0 spiro atoms. The fourth-order valence-electron chi connectivity index (χ4n) is 3.95.